The van der Waals surface area contributed by atoms with Crippen LogP contribution in [0.5, 0.6) is 5.88 Å². The zero-order valence-electron chi connectivity index (χ0n) is 16.8. The third-order valence-corrected chi connectivity index (χ3v) is 7.63. The molecule has 0 N–H and O–H groups in total. The van der Waals surface area contributed by atoms with Crippen LogP contribution >= 0.6 is 0 Å². The van der Waals surface area contributed by atoms with Gasteiger partial charge in [-0.2, -0.15) is 17.0 Å². The van der Waals surface area contributed by atoms with Gasteiger partial charge in [-0.15, -0.1) is 5.10 Å². The molecule has 4 rings (SSSR count). The van der Waals surface area contributed by atoms with E-state index < -0.39 is 10.2 Å². The highest BCUT2D eigenvalue weighted by molar-refractivity contribution is 7.86. The standard InChI is InChI=1S/C20H25N5O3S/c1-23(2)29(26,27)24-13-11-20(12-14-24,16-7-5-4-6-8-16)17-15-25-18(21-17)9-10-19(22-25)28-3/h4-10,15H,11-14H2,1-3H3. The van der Waals surface area contributed by atoms with E-state index in [0.717, 1.165) is 16.9 Å². The number of methoxy groups -OCH3 is 1. The minimum absolute atomic E-state index is 0.374. The Morgan fingerprint density at radius 3 is 2.38 bits per heavy atom. The van der Waals surface area contributed by atoms with Crippen molar-refractivity contribution in [3.05, 3.63) is 59.9 Å². The van der Waals surface area contributed by atoms with Gasteiger partial charge in [0.15, 0.2) is 5.65 Å². The fraction of sp³-hybridized carbons (Fsp3) is 0.400. The van der Waals surface area contributed by atoms with Gasteiger partial charge in [0.2, 0.25) is 5.88 Å². The molecule has 0 amide bonds. The molecular formula is C20H25N5O3S. The lowest BCUT2D eigenvalue weighted by Crippen LogP contribution is -2.49. The molecule has 9 heteroatoms. The highest BCUT2D eigenvalue weighted by atomic mass is 32.2. The number of benzene rings is 1. The molecule has 0 atom stereocenters. The van der Waals surface area contributed by atoms with Gasteiger partial charge in [-0.1, -0.05) is 30.3 Å². The molecule has 0 unspecified atom stereocenters. The van der Waals surface area contributed by atoms with E-state index in [9.17, 15) is 8.42 Å². The minimum atomic E-state index is -3.44. The normalized spacial score (nSPS) is 17.7. The zero-order chi connectivity index (χ0) is 20.6. The molecule has 2 aromatic heterocycles. The number of fused-ring (bicyclic) bond motifs is 1. The Labute approximate surface area is 170 Å². The van der Waals surface area contributed by atoms with Gasteiger partial charge in [-0.3, -0.25) is 0 Å². The number of hydrogen-bond acceptors (Lipinski definition) is 5. The van der Waals surface area contributed by atoms with Crippen LogP contribution in [0.3, 0.4) is 0 Å². The number of aromatic nitrogens is 3. The summed E-state index contributed by atoms with van der Waals surface area (Å²) in [5.74, 6) is 0.516. The first kappa shape index (κ1) is 19.8. The third-order valence-electron chi connectivity index (χ3n) is 5.69. The molecule has 1 aliphatic heterocycles. The maximum Gasteiger partial charge on any atom is 0.281 e. The summed E-state index contributed by atoms with van der Waals surface area (Å²) in [6, 6.07) is 13.8. The second-order valence-electron chi connectivity index (χ2n) is 7.44. The van der Waals surface area contributed by atoms with Crippen LogP contribution in [0.25, 0.3) is 5.65 Å². The first-order valence-electron chi connectivity index (χ1n) is 9.51. The summed E-state index contributed by atoms with van der Waals surface area (Å²) in [6.45, 7) is 0.861. The van der Waals surface area contributed by atoms with Crippen LogP contribution in [0.4, 0.5) is 0 Å². The van der Waals surface area contributed by atoms with E-state index in [1.807, 2.05) is 30.5 Å². The molecule has 0 aliphatic carbocycles. The predicted molar refractivity (Wildman–Crippen MR) is 110 cm³/mol. The fourth-order valence-electron chi connectivity index (χ4n) is 3.98. The molecule has 0 radical (unpaired) electrons. The van der Waals surface area contributed by atoms with Gasteiger partial charge in [0.1, 0.15) is 0 Å². The summed E-state index contributed by atoms with van der Waals surface area (Å²) in [5.41, 5.74) is 2.39. The van der Waals surface area contributed by atoms with Crippen molar-refractivity contribution < 1.29 is 13.2 Å². The average molecular weight is 416 g/mol. The second kappa shape index (κ2) is 7.40. The molecule has 1 aromatic carbocycles. The molecule has 0 spiro atoms. The van der Waals surface area contributed by atoms with Gasteiger partial charge >= 0.3 is 0 Å². The lowest BCUT2D eigenvalue weighted by atomic mass is 9.71. The van der Waals surface area contributed by atoms with Gasteiger partial charge in [0.05, 0.1) is 19.0 Å². The number of imidazole rings is 1. The summed E-state index contributed by atoms with van der Waals surface area (Å²) in [6.07, 6.45) is 3.22. The molecule has 1 saturated heterocycles. The molecule has 0 saturated carbocycles. The molecule has 29 heavy (non-hydrogen) atoms. The van der Waals surface area contributed by atoms with Crippen LogP contribution in [-0.2, 0) is 15.6 Å². The van der Waals surface area contributed by atoms with E-state index in [1.54, 1.807) is 36.1 Å². The van der Waals surface area contributed by atoms with Gasteiger partial charge < -0.3 is 4.74 Å². The largest absolute Gasteiger partial charge is 0.480 e. The van der Waals surface area contributed by atoms with Crippen molar-refractivity contribution in [1.82, 2.24) is 23.2 Å². The molecule has 3 aromatic rings. The van der Waals surface area contributed by atoms with Gasteiger partial charge in [-0.05, 0) is 24.5 Å². The second-order valence-corrected chi connectivity index (χ2v) is 9.58. The van der Waals surface area contributed by atoms with Crippen LogP contribution in [-0.4, -0.2) is 65.9 Å². The first-order valence-corrected chi connectivity index (χ1v) is 10.9. The highest BCUT2D eigenvalue weighted by Gasteiger charge is 2.42. The molecule has 1 fully saturated rings. The maximum atomic E-state index is 12.6. The zero-order valence-corrected chi connectivity index (χ0v) is 17.6. The SMILES string of the molecule is COc1ccc2nc(C3(c4ccccc4)CCN(S(=O)(=O)N(C)C)CC3)cn2n1. The van der Waals surface area contributed by atoms with Gasteiger partial charge in [-0.25, -0.2) is 9.50 Å². The number of ether oxygens (including phenoxy) is 1. The topological polar surface area (TPSA) is 80.0 Å². The molecular weight excluding hydrogens is 390 g/mol. The Bertz CT molecular complexity index is 1100. The van der Waals surface area contributed by atoms with Crippen LogP contribution in [0.2, 0.25) is 0 Å². The predicted octanol–water partition coefficient (Wildman–Crippen LogP) is 1.93. The van der Waals surface area contributed by atoms with Crippen LogP contribution in [0, 0.1) is 0 Å². The van der Waals surface area contributed by atoms with Crippen molar-refractivity contribution in [2.75, 3.05) is 34.3 Å². The third kappa shape index (κ3) is 3.39. The Hall–Kier alpha value is -2.49. The fourth-order valence-corrected chi connectivity index (χ4v) is 5.09. The van der Waals surface area contributed by atoms with E-state index in [0.29, 0.717) is 31.8 Å². The summed E-state index contributed by atoms with van der Waals surface area (Å²) >= 11 is 0. The lowest BCUT2D eigenvalue weighted by molar-refractivity contribution is 0.252. The van der Waals surface area contributed by atoms with E-state index in [4.69, 9.17) is 9.72 Å². The average Bonchev–Trinajstić information content (AvgIpc) is 3.18. The van der Waals surface area contributed by atoms with E-state index in [2.05, 4.69) is 17.2 Å². The van der Waals surface area contributed by atoms with Crippen molar-refractivity contribution in [3.63, 3.8) is 0 Å². The molecule has 1 aliphatic rings. The minimum Gasteiger partial charge on any atom is -0.480 e. The monoisotopic (exact) mass is 415 g/mol. The Morgan fingerprint density at radius 2 is 1.76 bits per heavy atom. The molecule has 0 bridgehead atoms. The summed E-state index contributed by atoms with van der Waals surface area (Å²) < 4.78 is 34.9. The maximum absolute atomic E-state index is 12.6. The van der Waals surface area contributed by atoms with Crippen molar-refractivity contribution in [3.8, 4) is 5.88 Å². The quantitative estimate of drug-likeness (QED) is 0.636. The van der Waals surface area contributed by atoms with Crippen molar-refractivity contribution >= 4 is 15.9 Å². The number of rotatable bonds is 5. The molecule has 154 valence electrons. The number of hydrogen-bond donors (Lipinski definition) is 0. The van der Waals surface area contributed by atoms with Crippen molar-refractivity contribution in [2.45, 2.75) is 18.3 Å². The van der Waals surface area contributed by atoms with Crippen molar-refractivity contribution in [1.29, 1.82) is 0 Å². The first-order chi connectivity index (χ1) is 13.9. The lowest BCUT2D eigenvalue weighted by Gasteiger charge is -2.41. The molecule has 3 heterocycles. The van der Waals surface area contributed by atoms with Crippen molar-refractivity contribution in [2.24, 2.45) is 0 Å². The Morgan fingerprint density at radius 1 is 1.07 bits per heavy atom. The highest BCUT2D eigenvalue weighted by Crippen LogP contribution is 2.42. The van der Waals surface area contributed by atoms with Crippen LogP contribution < -0.4 is 4.74 Å². The number of nitrogens with zero attached hydrogens (tertiary/aromatic N) is 5. The number of piperidine rings is 1. The van der Waals surface area contributed by atoms with Gasteiger partial charge in [0, 0.05) is 38.7 Å². The van der Waals surface area contributed by atoms with Crippen LogP contribution in [0.1, 0.15) is 24.1 Å². The van der Waals surface area contributed by atoms with E-state index >= 15 is 0 Å². The summed E-state index contributed by atoms with van der Waals surface area (Å²) in [5, 5.41) is 4.43. The van der Waals surface area contributed by atoms with E-state index in [-0.39, 0.29) is 5.41 Å². The van der Waals surface area contributed by atoms with Crippen LogP contribution in [0.15, 0.2) is 48.7 Å². The van der Waals surface area contributed by atoms with E-state index in [1.165, 1.54) is 4.31 Å². The Balaban J connectivity index is 1.76. The summed E-state index contributed by atoms with van der Waals surface area (Å²) in [7, 11) is 1.28. The Kier molecular flexibility index (Phi) is 5.05. The molecule has 8 nitrogen and oxygen atoms in total. The smallest absolute Gasteiger partial charge is 0.281 e. The van der Waals surface area contributed by atoms with Gasteiger partial charge in [0.25, 0.3) is 10.2 Å². The summed E-state index contributed by atoms with van der Waals surface area (Å²) in [4.78, 5) is 4.85.